The highest BCUT2D eigenvalue weighted by Gasteiger charge is 2.15. The minimum absolute atomic E-state index is 0.0222. The quantitative estimate of drug-likeness (QED) is 0.765. The molecule has 0 saturated heterocycles. The van der Waals surface area contributed by atoms with Crippen molar-refractivity contribution in [3.63, 3.8) is 0 Å². The van der Waals surface area contributed by atoms with E-state index in [0.29, 0.717) is 6.54 Å². The van der Waals surface area contributed by atoms with Crippen LogP contribution in [0.1, 0.15) is 27.2 Å². The van der Waals surface area contributed by atoms with E-state index in [2.05, 4.69) is 5.32 Å². The van der Waals surface area contributed by atoms with Crippen molar-refractivity contribution >= 4 is 12.0 Å². The second-order valence-corrected chi connectivity index (χ2v) is 4.47. The van der Waals surface area contributed by atoms with E-state index >= 15 is 0 Å². The molecule has 1 N–H and O–H groups in total. The molecule has 0 atom stereocenters. The molecule has 0 aromatic heterocycles. The number of carbonyl (C=O) groups is 2. The van der Waals surface area contributed by atoms with Crippen LogP contribution in [0.5, 0.6) is 0 Å². The SMILES string of the molecule is CN(C)C(=O)CCNC(=O)OC(C)(C)C. The number of amides is 2. The van der Waals surface area contributed by atoms with Gasteiger partial charge in [-0.15, -0.1) is 0 Å². The van der Waals surface area contributed by atoms with Crippen LogP contribution in [0.3, 0.4) is 0 Å². The topological polar surface area (TPSA) is 58.6 Å². The van der Waals surface area contributed by atoms with Crippen LogP contribution in [0.25, 0.3) is 0 Å². The van der Waals surface area contributed by atoms with E-state index in [0.717, 1.165) is 0 Å². The number of alkyl carbamates (subject to hydrolysis) is 1. The normalized spacial score (nSPS) is 10.7. The van der Waals surface area contributed by atoms with Gasteiger partial charge < -0.3 is 15.0 Å². The number of hydrogen-bond donors (Lipinski definition) is 1. The van der Waals surface area contributed by atoms with Crippen molar-refractivity contribution in [1.82, 2.24) is 10.2 Å². The second kappa shape index (κ2) is 5.58. The van der Waals surface area contributed by atoms with Crippen LogP contribution in [0.4, 0.5) is 4.79 Å². The van der Waals surface area contributed by atoms with Crippen LogP contribution in [-0.2, 0) is 9.53 Å². The zero-order valence-electron chi connectivity index (χ0n) is 10.1. The van der Waals surface area contributed by atoms with Crippen molar-refractivity contribution in [2.75, 3.05) is 20.6 Å². The molecule has 0 fully saturated rings. The van der Waals surface area contributed by atoms with Gasteiger partial charge in [0.15, 0.2) is 0 Å². The van der Waals surface area contributed by atoms with E-state index in [1.54, 1.807) is 34.9 Å². The third kappa shape index (κ3) is 7.78. The van der Waals surface area contributed by atoms with Crippen LogP contribution in [0.15, 0.2) is 0 Å². The minimum Gasteiger partial charge on any atom is -0.444 e. The Hall–Kier alpha value is -1.26. The first kappa shape index (κ1) is 13.7. The summed E-state index contributed by atoms with van der Waals surface area (Å²) in [5.41, 5.74) is -0.504. The Kier molecular flexibility index (Phi) is 5.11. The Morgan fingerprint density at radius 3 is 2.20 bits per heavy atom. The van der Waals surface area contributed by atoms with Gasteiger partial charge in [-0.1, -0.05) is 0 Å². The average Bonchev–Trinajstić information content (AvgIpc) is 2.00. The molecule has 0 aliphatic rings. The number of nitrogens with zero attached hydrogens (tertiary/aromatic N) is 1. The van der Waals surface area contributed by atoms with Gasteiger partial charge in [0, 0.05) is 27.1 Å². The summed E-state index contributed by atoms with van der Waals surface area (Å²) in [7, 11) is 3.35. The molecular weight excluding hydrogens is 196 g/mol. The highest BCUT2D eigenvalue weighted by molar-refractivity contribution is 5.76. The van der Waals surface area contributed by atoms with Crippen molar-refractivity contribution < 1.29 is 14.3 Å². The molecule has 0 aromatic carbocycles. The van der Waals surface area contributed by atoms with Crippen molar-refractivity contribution in [1.29, 1.82) is 0 Å². The van der Waals surface area contributed by atoms with Gasteiger partial charge in [0.2, 0.25) is 5.91 Å². The van der Waals surface area contributed by atoms with Gasteiger partial charge in [0.05, 0.1) is 0 Å². The summed E-state index contributed by atoms with van der Waals surface area (Å²) < 4.78 is 5.01. The van der Waals surface area contributed by atoms with Crippen LogP contribution in [-0.4, -0.2) is 43.1 Å². The summed E-state index contributed by atoms with van der Waals surface area (Å²) in [6, 6.07) is 0. The highest BCUT2D eigenvalue weighted by Crippen LogP contribution is 2.06. The molecule has 0 heterocycles. The first-order valence-electron chi connectivity index (χ1n) is 4.89. The molecule has 15 heavy (non-hydrogen) atoms. The van der Waals surface area contributed by atoms with Crippen molar-refractivity contribution in [2.24, 2.45) is 0 Å². The number of nitrogens with one attached hydrogen (secondary N) is 1. The van der Waals surface area contributed by atoms with Gasteiger partial charge in [-0.3, -0.25) is 4.79 Å². The first-order chi connectivity index (χ1) is 6.72. The lowest BCUT2D eigenvalue weighted by Crippen LogP contribution is -2.35. The maximum atomic E-state index is 11.2. The van der Waals surface area contributed by atoms with Crippen molar-refractivity contribution in [3.05, 3.63) is 0 Å². The Morgan fingerprint density at radius 1 is 1.27 bits per heavy atom. The molecule has 2 amide bonds. The van der Waals surface area contributed by atoms with Gasteiger partial charge >= 0.3 is 6.09 Å². The molecule has 0 radical (unpaired) electrons. The summed E-state index contributed by atoms with van der Waals surface area (Å²) in [5, 5.41) is 2.52. The van der Waals surface area contributed by atoms with E-state index in [1.165, 1.54) is 4.90 Å². The number of rotatable bonds is 3. The Balaban J connectivity index is 3.70. The summed E-state index contributed by atoms with van der Waals surface area (Å²) in [4.78, 5) is 23.8. The highest BCUT2D eigenvalue weighted by atomic mass is 16.6. The molecule has 88 valence electrons. The summed E-state index contributed by atoms with van der Waals surface area (Å²) in [6.07, 6.45) is -0.208. The molecular formula is C10H20N2O3. The van der Waals surface area contributed by atoms with Gasteiger partial charge in [-0.05, 0) is 20.8 Å². The molecule has 0 saturated carbocycles. The fourth-order valence-corrected chi connectivity index (χ4v) is 0.809. The molecule has 0 aliphatic carbocycles. The maximum Gasteiger partial charge on any atom is 0.407 e. The van der Waals surface area contributed by atoms with Crippen molar-refractivity contribution in [2.45, 2.75) is 32.8 Å². The predicted octanol–water partition coefficient (Wildman–Crippen LogP) is 0.989. The van der Waals surface area contributed by atoms with Crippen molar-refractivity contribution in [3.8, 4) is 0 Å². The molecule has 0 bridgehead atoms. The Labute approximate surface area is 90.8 Å². The van der Waals surface area contributed by atoms with E-state index < -0.39 is 11.7 Å². The van der Waals surface area contributed by atoms with Gasteiger partial charge in [0.25, 0.3) is 0 Å². The molecule has 0 unspecified atom stereocenters. The van der Waals surface area contributed by atoms with Crippen LogP contribution in [0, 0.1) is 0 Å². The third-order valence-corrected chi connectivity index (χ3v) is 1.51. The van der Waals surface area contributed by atoms with Gasteiger partial charge in [-0.2, -0.15) is 0 Å². The zero-order chi connectivity index (χ0) is 12.1. The molecule has 0 rings (SSSR count). The predicted molar refractivity (Wildman–Crippen MR) is 57.5 cm³/mol. The fourth-order valence-electron chi connectivity index (χ4n) is 0.809. The summed E-state index contributed by atoms with van der Waals surface area (Å²) >= 11 is 0. The minimum atomic E-state index is -0.504. The lowest BCUT2D eigenvalue weighted by molar-refractivity contribution is -0.128. The van der Waals surface area contributed by atoms with Crippen LogP contribution >= 0.6 is 0 Å². The maximum absolute atomic E-state index is 11.2. The second-order valence-electron chi connectivity index (χ2n) is 4.47. The fraction of sp³-hybridized carbons (Fsp3) is 0.800. The molecule has 5 nitrogen and oxygen atoms in total. The largest absolute Gasteiger partial charge is 0.444 e. The molecule has 0 aliphatic heterocycles. The third-order valence-electron chi connectivity index (χ3n) is 1.51. The van der Waals surface area contributed by atoms with Gasteiger partial charge in [0.1, 0.15) is 5.60 Å². The molecule has 0 aromatic rings. The lowest BCUT2D eigenvalue weighted by Gasteiger charge is -2.19. The zero-order valence-corrected chi connectivity index (χ0v) is 10.1. The number of hydrogen-bond acceptors (Lipinski definition) is 3. The molecule has 5 heteroatoms. The van der Waals surface area contributed by atoms with E-state index in [1.807, 2.05) is 0 Å². The van der Waals surface area contributed by atoms with E-state index in [-0.39, 0.29) is 12.3 Å². The summed E-state index contributed by atoms with van der Waals surface area (Å²) in [6.45, 7) is 5.67. The van der Waals surface area contributed by atoms with Gasteiger partial charge in [-0.25, -0.2) is 4.79 Å². The first-order valence-corrected chi connectivity index (χ1v) is 4.89. The smallest absolute Gasteiger partial charge is 0.407 e. The standard InChI is InChI=1S/C10H20N2O3/c1-10(2,3)15-9(14)11-7-6-8(13)12(4)5/h6-7H2,1-5H3,(H,11,14). The Bertz CT molecular complexity index is 231. The lowest BCUT2D eigenvalue weighted by atomic mass is 10.2. The summed E-state index contributed by atoms with van der Waals surface area (Å²) in [5.74, 6) is -0.0222. The number of carbonyl (C=O) groups excluding carboxylic acids is 2. The number of ether oxygens (including phenoxy) is 1. The van der Waals surface area contributed by atoms with E-state index in [4.69, 9.17) is 4.74 Å². The molecule has 0 spiro atoms. The van der Waals surface area contributed by atoms with E-state index in [9.17, 15) is 9.59 Å². The van der Waals surface area contributed by atoms with Crippen LogP contribution < -0.4 is 5.32 Å². The van der Waals surface area contributed by atoms with Crippen LogP contribution in [0.2, 0.25) is 0 Å². The monoisotopic (exact) mass is 216 g/mol. The average molecular weight is 216 g/mol. The Morgan fingerprint density at radius 2 is 1.80 bits per heavy atom.